The van der Waals surface area contributed by atoms with Gasteiger partial charge in [-0.1, -0.05) is 0 Å². The number of carboxylic acids is 1. The van der Waals surface area contributed by atoms with Crippen LogP contribution in [-0.2, 0) is 9.53 Å². The average molecular weight is 216 g/mol. The second-order valence-corrected chi connectivity index (χ2v) is 3.28. The predicted octanol–water partition coefficient (Wildman–Crippen LogP) is -0.288. The van der Waals surface area contributed by atoms with Crippen molar-refractivity contribution < 1.29 is 19.4 Å². The molecule has 0 amide bonds. The number of carbonyl (C=O) groups excluding carboxylic acids is 1. The maximum absolute atomic E-state index is 11.1. The molecule has 6 nitrogen and oxygen atoms in total. The van der Waals surface area contributed by atoms with Crippen molar-refractivity contribution in [3.05, 3.63) is 16.6 Å². The minimum atomic E-state index is -1.21. The van der Waals surface area contributed by atoms with Gasteiger partial charge in [0, 0.05) is 11.6 Å². The summed E-state index contributed by atoms with van der Waals surface area (Å²) in [5.74, 6) is -1.87. The molecule has 0 radical (unpaired) electrons. The van der Waals surface area contributed by atoms with Crippen LogP contribution in [0.3, 0.4) is 0 Å². The second-order valence-electron chi connectivity index (χ2n) is 2.38. The molecule has 0 saturated carbocycles. The van der Waals surface area contributed by atoms with Crippen molar-refractivity contribution in [2.75, 3.05) is 6.61 Å². The van der Waals surface area contributed by atoms with Crippen LogP contribution in [0.5, 0.6) is 0 Å². The van der Waals surface area contributed by atoms with Gasteiger partial charge in [-0.05, 0) is 0 Å². The van der Waals surface area contributed by atoms with Gasteiger partial charge in [0.2, 0.25) is 5.01 Å². The molecule has 76 valence electrons. The molecule has 0 aliphatic carbocycles. The molecule has 0 aromatic carbocycles. The largest absolute Gasteiger partial charge is 0.480 e. The van der Waals surface area contributed by atoms with E-state index in [-0.39, 0.29) is 11.6 Å². The number of thiazole rings is 1. The van der Waals surface area contributed by atoms with Gasteiger partial charge in [-0.3, -0.25) is 4.79 Å². The first kappa shape index (κ1) is 10.6. The highest BCUT2D eigenvalue weighted by Gasteiger charge is 2.16. The molecule has 0 fully saturated rings. The van der Waals surface area contributed by atoms with Crippen molar-refractivity contribution in [1.29, 1.82) is 0 Å². The van der Waals surface area contributed by atoms with Crippen molar-refractivity contribution >= 4 is 23.3 Å². The summed E-state index contributed by atoms with van der Waals surface area (Å²) in [7, 11) is 0. The number of carbonyl (C=O) groups is 2. The predicted molar refractivity (Wildman–Crippen MR) is 48.0 cm³/mol. The number of aliphatic carboxylic acids is 1. The maximum Gasteiger partial charge on any atom is 0.367 e. The molecule has 0 spiro atoms. The molecule has 0 saturated heterocycles. The van der Waals surface area contributed by atoms with E-state index in [0.717, 1.165) is 11.3 Å². The Morgan fingerprint density at radius 1 is 1.71 bits per heavy atom. The fraction of sp³-hybridized carbons (Fsp3) is 0.286. The van der Waals surface area contributed by atoms with E-state index in [1.54, 1.807) is 5.38 Å². The number of carboxylic acid groups (broad SMARTS) is 1. The zero-order valence-corrected chi connectivity index (χ0v) is 7.86. The lowest BCUT2D eigenvalue weighted by Crippen LogP contribution is -2.35. The molecule has 1 heterocycles. The Balaban J connectivity index is 2.40. The van der Waals surface area contributed by atoms with Crippen molar-refractivity contribution in [2.45, 2.75) is 6.04 Å². The molecule has 3 N–H and O–H groups in total. The Labute approximate surface area is 83.3 Å². The number of rotatable bonds is 4. The lowest BCUT2D eigenvalue weighted by molar-refractivity contribution is -0.139. The lowest BCUT2D eigenvalue weighted by atomic mass is 10.3. The molecule has 0 aliphatic heterocycles. The van der Waals surface area contributed by atoms with Gasteiger partial charge < -0.3 is 15.6 Å². The number of nitrogens with zero attached hydrogens (tertiary/aromatic N) is 1. The van der Waals surface area contributed by atoms with Gasteiger partial charge in [0.05, 0.1) is 0 Å². The number of hydrogen-bond acceptors (Lipinski definition) is 6. The Bertz CT molecular complexity index is 324. The molecular formula is C7H8N2O4S. The van der Waals surface area contributed by atoms with Crippen LogP contribution in [0.2, 0.25) is 0 Å². The van der Waals surface area contributed by atoms with Crippen LogP contribution in [0.4, 0.5) is 0 Å². The lowest BCUT2D eigenvalue weighted by Gasteiger charge is -2.05. The number of ether oxygens (including phenoxy) is 1. The van der Waals surface area contributed by atoms with Gasteiger partial charge >= 0.3 is 11.9 Å². The summed E-state index contributed by atoms with van der Waals surface area (Å²) in [5, 5.41) is 10.2. The molecule has 1 aromatic rings. The van der Waals surface area contributed by atoms with E-state index in [4.69, 9.17) is 10.8 Å². The van der Waals surface area contributed by atoms with Gasteiger partial charge in [-0.2, -0.15) is 0 Å². The molecule has 1 aromatic heterocycles. The molecule has 0 unspecified atom stereocenters. The first-order chi connectivity index (χ1) is 6.61. The number of hydrogen-bond donors (Lipinski definition) is 2. The number of nitrogens with two attached hydrogens (primary N) is 1. The highest BCUT2D eigenvalue weighted by molar-refractivity contribution is 7.11. The van der Waals surface area contributed by atoms with Crippen LogP contribution in [-0.4, -0.2) is 34.7 Å². The van der Waals surface area contributed by atoms with Crippen molar-refractivity contribution in [1.82, 2.24) is 4.98 Å². The third-order valence-corrected chi connectivity index (χ3v) is 2.07. The van der Waals surface area contributed by atoms with Crippen LogP contribution in [0.25, 0.3) is 0 Å². The van der Waals surface area contributed by atoms with Gasteiger partial charge in [0.15, 0.2) is 0 Å². The smallest absolute Gasteiger partial charge is 0.367 e. The summed E-state index contributed by atoms with van der Waals surface area (Å²) in [6.07, 6.45) is 1.46. The number of aromatic nitrogens is 1. The van der Waals surface area contributed by atoms with E-state index in [1.165, 1.54) is 6.20 Å². The summed E-state index contributed by atoms with van der Waals surface area (Å²) in [6.45, 7) is -0.353. The maximum atomic E-state index is 11.1. The first-order valence-electron chi connectivity index (χ1n) is 3.66. The van der Waals surface area contributed by atoms with Crippen LogP contribution in [0, 0.1) is 0 Å². The van der Waals surface area contributed by atoms with E-state index < -0.39 is 18.0 Å². The zero-order valence-electron chi connectivity index (χ0n) is 7.04. The molecule has 0 bridgehead atoms. The molecular weight excluding hydrogens is 208 g/mol. The SMILES string of the molecule is N[C@@H](COC(=O)c1nccs1)C(=O)O. The summed E-state index contributed by atoms with van der Waals surface area (Å²) >= 11 is 1.12. The van der Waals surface area contributed by atoms with Crippen molar-refractivity contribution in [3.8, 4) is 0 Å². The van der Waals surface area contributed by atoms with Gasteiger partial charge in [0.1, 0.15) is 12.6 Å². The molecule has 14 heavy (non-hydrogen) atoms. The fourth-order valence-electron chi connectivity index (χ4n) is 0.623. The summed E-state index contributed by atoms with van der Waals surface area (Å²) in [5.41, 5.74) is 5.12. The second kappa shape index (κ2) is 4.68. The third-order valence-electron chi connectivity index (χ3n) is 1.32. The Morgan fingerprint density at radius 3 is 2.93 bits per heavy atom. The molecule has 1 atom stereocenters. The Hall–Kier alpha value is -1.47. The monoisotopic (exact) mass is 216 g/mol. The van der Waals surface area contributed by atoms with Crippen molar-refractivity contribution in [2.24, 2.45) is 5.73 Å². The van der Waals surface area contributed by atoms with Crippen LogP contribution >= 0.6 is 11.3 Å². The van der Waals surface area contributed by atoms with Crippen molar-refractivity contribution in [3.63, 3.8) is 0 Å². The molecule has 0 aliphatic rings. The Morgan fingerprint density at radius 2 is 2.43 bits per heavy atom. The van der Waals surface area contributed by atoms with Crippen LogP contribution in [0.15, 0.2) is 11.6 Å². The van der Waals surface area contributed by atoms with E-state index >= 15 is 0 Å². The topological polar surface area (TPSA) is 103 Å². The normalized spacial score (nSPS) is 12.1. The third kappa shape index (κ3) is 2.79. The highest BCUT2D eigenvalue weighted by atomic mass is 32.1. The van der Waals surface area contributed by atoms with Gasteiger partial charge in [0.25, 0.3) is 0 Å². The van der Waals surface area contributed by atoms with Crippen LogP contribution in [0.1, 0.15) is 9.80 Å². The molecule has 1 rings (SSSR count). The highest BCUT2D eigenvalue weighted by Crippen LogP contribution is 2.05. The quantitative estimate of drug-likeness (QED) is 0.670. The summed E-state index contributed by atoms with van der Waals surface area (Å²) in [6, 6.07) is -1.20. The minimum Gasteiger partial charge on any atom is -0.480 e. The summed E-state index contributed by atoms with van der Waals surface area (Å²) in [4.78, 5) is 25.1. The summed E-state index contributed by atoms with van der Waals surface area (Å²) < 4.78 is 4.61. The minimum absolute atomic E-state index is 0.183. The van der Waals surface area contributed by atoms with E-state index in [0.29, 0.717) is 0 Å². The average Bonchev–Trinajstić information content (AvgIpc) is 2.66. The zero-order chi connectivity index (χ0) is 10.6. The first-order valence-corrected chi connectivity index (χ1v) is 4.54. The van der Waals surface area contributed by atoms with Crippen LogP contribution < -0.4 is 5.73 Å². The standard InChI is InChI=1S/C7H8N2O4S/c8-4(6(10)11)3-13-7(12)5-9-1-2-14-5/h1-2,4H,3,8H2,(H,10,11)/t4-/m0/s1. The number of esters is 1. The van der Waals surface area contributed by atoms with Gasteiger partial charge in [-0.15, -0.1) is 11.3 Å². The van der Waals surface area contributed by atoms with E-state index in [9.17, 15) is 9.59 Å². The van der Waals surface area contributed by atoms with E-state index in [2.05, 4.69) is 9.72 Å². The molecule has 7 heteroatoms. The Kier molecular flexibility index (Phi) is 3.55. The fourth-order valence-corrected chi connectivity index (χ4v) is 1.15. The van der Waals surface area contributed by atoms with Gasteiger partial charge in [-0.25, -0.2) is 9.78 Å². The van der Waals surface area contributed by atoms with E-state index in [1.807, 2.05) is 0 Å².